The summed E-state index contributed by atoms with van der Waals surface area (Å²) < 4.78 is 36.3. The number of hydrogen-bond donors (Lipinski definition) is 2. The Morgan fingerprint density at radius 2 is 1.96 bits per heavy atom. The number of guanidine groups is 1. The number of hydrogen-bond acceptors (Lipinski definition) is 5. The number of rotatable bonds is 7. The Bertz CT molecular complexity index is 768. The van der Waals surface area contributed by atoms with E-state index in [2.05, 4.69) is 15.0 Å². The summed E-state index contributed by atoms with van der Waals surface area (Å²) in [5, 5.41) is 3.23. The molecule has 1 aromatic carbocycles. The van der Waals surface area contributed by atoms with E-state index in [9.17, 15) is 8.42 Å². The highest BCUT2D eigenvalue weighted by molar-refractivity contribution is 14.0. The minimum Gasteiger partial charge on any atom is -0.454 e. The van der Waals surface area contributed by atoms with E-state index in [1.807, 2.05) is 37.1 Å². The van der Waals surface area contributed by atoms with E-state index in [0.29, 0.717) is 25.6 Å². The second-order valence-corrected chi connectivity index (χ2v) is 8.72. The van der Waals surface area contributed by atoms with Crippen molar-refractivity contribution in [3.8, 4) is 11.5 Å². The molecule has 0 radical (unpaired) electrons. The SMILES string of the molecule is CCNC(=NCC(C)(C)NS(C)(=O)=O)N(C)Cc1ccc2c(c1)OCO2.I. The van der Waals surface area contributed by atoms with Gasteiger partial charge in [-0.1, -0.05) is 6.07 Å². The lowest BCUT2D eigenvalue weighted by atomic mass is 10.1. The summed E-state index contributed by atoms with van der Waals surface area (Å²) in [6.45, 7) is 7.50. The number of benzene rings is 1. The van der Waals surface area contributed by atoms with E-state index in [4.69, 9.17) is 9.47 Å². The van der Waals surface area contributed by atoms with Gasteiger partial charge in [0, 0.05) is 25.7 Å². The van der Waals surface area contributed by atoms with Crippen molar-refractivity contribution >= 4 is 40.0 Å². The molecular formula is C17H29IN4O4S. The molecular weight excluding hydrogens is 483 g/mol. The number of aliphatic imine (C=N–C) groups is 1. The zero-order chi connectivity index (χ0) is 19.4. The maximum Gasteiger partial charge on any atom is 0.231 e. The minimum absolute atomic E-state index is 0. The Morgan fingerprint density at radius 3 is 2.59 bits per heavy atom. The van der Waals surface area contributed by atoms with Crippen LogP contribution in [0.2, 0.25) is 0 Å². The third-order valence-corrected chi connectivity index (χ3v) is 4.56. The lowest BCUT2D eigenvalue weighted by Gasteiger charge is -2.26. The van der Waals surface area contributed by atoms with Crippen LogP contribution in [-0.2, 0) is 16.6 Å². The second kappa shape index (κ2) is 9.78. The lowest BCUT2D eigenvalue weighted by molar-refractivity contribution is 0.174. The molecule has 0 bridgehead atoms. The van der Waals surface area contributed by atoms with Crippen LogP contribution >= 0.6 is 24.0 Å². The molecule has 27 heavy (non-hydrogen) atoms. The van der Waals surface area contributed by atoms with Gasteiger partial charge in [0.1, 0.15) is 0 Å². The maximum absolute atomic E-state index is 11.5. The van der Waals surface area contributed by atoms with Crippen molar-refractivity contribution in [2.45, 2.75) is 32.9 Å². The average molecular weight is 512 g/mol. The molecule has 2 rings (SSSR count). The summed E-state index contributed by atoms with van der Waals surface area (Å²) in [6.07, 6.45) is 1.15. The molecule has 1 aliphatic rings. The summed E-state index contributed by atoms with van der Waals surface area (Å²) in [5.74, 6) is 2.20. The highest BCUT2D eigenvalue weighted by atomic mass is 127. The molecule has 8 nitrogen and oxygen atoms in total. The number of ether oxygens (including phenoxy) is 2. The van der Waals surface area contributed by atoms with Crippen LogP contribution < -0.4 is 19.5 Å². The molecule has 0 saturated carbocycles. The molecule has 10 heteroatoms. The van der Waals surface area contributed by atoms with Gasteiger partial charge in [0.2, 0.25) is 16.8 Å². The summed E-state index contributed by atoms with van der Waals surface area (Å²) >= 11 is 0. The first-order valence-corrected chi connectivity index (χ1v) is 10.4. The smallest absolute Gasteiger partial charge is 0.231 e. The largest absolute Gasteiger partial charge is 0.454 e. The fourth-order valence-corrected chi connectivity index (χ4v) is 3.73. The van der Waals surface area contributed by atoms with Gasteiger partial charge in [-0.15, -0.1) is 24.0 Å². The third-order valence-electron chi connectivity index (χ3n) is 3.64. The molecule has 1 aromatic rings. The van der Waals surface area contributed by atoms with Crippen molar-refractivity contribution in [3.63, 3.8) is 0 Å². The Balaban J connectivity index is 0.00000364. The van der Waals surface area contributed by atoms with E-state index in [0.717, 1.165) is 23.3 Å². The van der Waals surface area contributed by atoms with Gasteiger partial charge in [-0.3, -0.25) is 4.99 Å². The topological polar surface area (TPSA) is 92.3 Å². The second-order valence-electron chi connectivity index (χ2n) is 6.97. The van der Waals surface area contributed by atoms with Crippen molar-refractivity contribution < 1.29 is 17.9 Å². The number of sulfonamides is 1. The molecule has 1 aliphatic heterocycles. The van der Waals surface area contributed by atoms with Crippen LogP contribution in [0, 0.1) is 0 Å². The zero-order valence-electron chi connectivity index (χ0n) is 16.4. The van der Waals surface area contributed by atoms with E-state index >= 15 is 0 Å². The van der Waals surface area contributed by atoms with Gasteiger partial charge < -0.3 is 19.7 Å². The summed E-state index contributed by atoms with van der Waals surface area (Å²) in [7, 11) is -1.36. The van der Waals surface area contributed by atoms with Crippen molar-refractivity contribution in [1.82, 2.24) is 14.9 Å². The van der Waals surface area contributed by atoms with Gasteiger partial charge in [-0.2, -0.15) is 0 Å². The number of fused-ring (bicyclic) bond motifs is 1. The van der Waals surface area contributed by atoms with E-state index in [1.54, 1.807) is 13.8 Å². The fourth-order valence-electron chi connectivity index (χ4n) is 2.66. The van der Waals surface area contributed by atoms with Gasteiger partial charge in [-0.25, -0.2) is 13.1 Å². The summed E-state index contributed by atoms with van der Waals surface area (Å²) in [6, 6.07) is 5.84. The number of nitrogens with one attached hydrogen (secondary N) is 2. The number of halogens is 1. The molecule has 2 N–H and O–H groups in total. The zero-order valence-corrected chi connectivity index (χ0v) is 19.6. The highest BCUT2D eigenvalue weighted by Crippen LogP contribution is 2.32. The van der Waals surface area contributed by atoms with E-state index in [-0.39, 0.29) is 30.8 Å². The van der Waals surface area contributed by atoms with Crippen LogP contribution in [0.4, 0.5) is 0 Å². The predicted octanol–water partition coefficient (Wildman–Crippen LogP) is 1.76. The van der Waals surface area contributed by atoms with Crippen molar-refractivity contribution in [2.75, 3.05) is 33.2 Å². The Labute approximate surface area is 178 Å². The number of nitrogens with zero attached hydrogens (tertiary/aromatic N) is 2. The van der Waals surface area contributed by atoms with Crippen LogP contribution in [0.3, 0.4) is 0 Å². The Morgan fingerprint density at radius 1 is 1.30 bits per heavy atom. The maximum atomic E-state index is 11.5. The molecule has 0 aromatic heterocycles. The van der Waals surface area contributed by atoms with Crippen molar-refractivity contribution in [1.29, 1.82) is 0 Å². The summed E-state index contributed by atoms with van der Waals surface area (Å²) in [5.41, 5.74) is 0.393. The molecule has 0 unspecified atom stereocenters. The first-order chi connectivity index (χ1) is 12.1. The van der Waals surface area contributed by atoms with Gasteiger partial charge in [0.25, 0.3) is 0 Å². The van der Waals surface area contributed by atoms with Gasteiger partial charge in [-0.05, 0) is 38.5 Å². The van der Waals surface area contributed by atoms with Gasteiger partial charge >= 0.3 is 0 Å². The van der Waals surface area contributed by atoms with Crippen LogP contribution in [0.5, 0.6) is 11.5 Å². The Hall–Kier alpha value is -1.27. The molecule has 0 spiro atoms. The molecule has 0 atom stereocenters. The third kappa shape index (κ3) is 7.70. The van der Waals surface area contributed by atoms with Gasteiger partial charge in [0.15, 0.2) is 17.5 Å². The monoisotopic (exact) mass is 512 g/mol. The van der Waals surface area contributed by atoms with Gasteiger partial charge in [0.05, 0.1) is 12.8 Å². The lowest BCUT2D eigenvalue weighted by Crippen LogP contribution is -2.46. The first kappa shape index (κ1) is 23.8. The molecule has 0 amide bonds. The molecule has 0 aliphatic carbocycles. The highest BCUT2D eigenvalue weighted by Gasteiger charge is 2.22. The first-order valence-electron chi connectivity index (χ1n) is 8.46. The van der Waals surface area contributed by atoms with Crippen LogP contribution in [0.25, 0.3) is 0 Å². The quantitative estimate of drug-likeness (QED) is 0.329. The Kier molecular flexibility index (Phi) is 8.61. The van der Waals surface area contributed by atoms with E-state index < -0.39 is 15.6 Å². The van der Waals surface area contributed by atoms with Crippen molar-refractivity contribution in [3.05, 3.63) is 23.8 Å². The van der Waals surface area contributed by atoms with Crippen LogP contribution in [-0.4, -0.2) is 58.0 Å². The molecule has 154 valence electrons. The molecule has 0 fully saturated rings. The normalized spacial score (nSPS) is 13.9. The molecule has 0 saturated heterocycles. The van der Waals surface area contributed by atoms with E-state index in [1.165, 1.54) is 0 Å². The molecule has 1 heterocycles. The summed E-state index contributed by atoms with van der Waals surface area (Å²) in [4.78, 5) is 6.57. The van der Waals surface area contributed by atoms with Crippen LogP contribution in [0.1, 0.15) is 26.3 Å². The standard InChI is InChI=1S/C17H28N4O4S.HI/c1-6-18-16(19-11-17(2,3)20-26(5,22)23)21(4)10-13-7-8-14-15(9-13)25-12-24-14;/h7-9,20H,6,10-12H2,1-5H3,(H,18,19);1H. The predicted molar refractivity (Wildman–Crippen MR) is 117 cm³/mol. The minimum atomic E-state index is -3.30. The van der Waals surface area contributed by atoms with Crippen molar-refractivity contribution in [2.24, 2.45) is 4.99 Å². The average Bonchev–Trinajstić information content (AvgIpc) is 2.96. The van der Waals surface area contributed by atoms with Crippen LogP contribution in [0.15, 0.2) is 23.2 Å². The fraction of sp³-hybridized carbons (Fsp3) is 0.588.